The van der Waals surface area contributed by atoms with Crippen LogP contribution in [-0.2, 0) is 96.0 Å². The van der Waals surface area contributed by atoms with Gasteiger partial charge < -0.3 is 0 Å². The average molecular weight is 817 g/mol. The molecule has 3 aromatic rings. The molecule has 0 N–H and O–H groups in total. The Morgan fingerprint density at radius 2 is 0.580 bits per heavy atom. The van der Waals surface area contributed by atoms with Crippen LogP contribution in [0.3, 0.4) is 0 Å². The van der Waals surface area contributed by atoms with Crippen LogP contribution in [0.1, 0.15) is 39.8 Å². The van der Waals surface area contributed by atoms with E-state index in [0.29, 0.717) is 25.2 Å². The van der Waals surface area contributed by atoms with Crippen molar-refractivity contribution in [3.05, 3.63) is 103 Å². The topological polar surface area (TPSA) is 64.6 Å². The molecule has 3 rings (SSSR count). The van der Waals surface area contributed by atoms with Gasteiger partial charge in [0.25, 0.3) is 0 Å². The zero-order valence-corrected chi connectivity index (χ0v) is 28.5. The van der Waals surface area contributed by atoms with Crippen molar-refractivity contribution in [2.24, 2.45) is 0 Å². The second-order valence-corrected chi connectivity index (χ2v) is 10.8. The Labute approximate surface area is 291 Å². The number of hydrogen-bond donors (Lipinski definition) is 0. The van der Waals surface area contributed by atoms with Crippen molar-refractivity contribution in [2.45, 2.75) is 52.0 Å². The molecule has 0 aromatic heterocycles. The van der Waals surface area contributed by atoms with Crippen LogP contribution in [0.5, 0.6) is 0 Å². The Bertz CT molecular complexity index is 1420. The predicted molar refractivity (Wildman–Crippen MR) is 139 cm³/mol. The van der Waals surface area contributed by atoms with Crippen molar-refractivity contribution in [1.82, 2.24) is 0 Å². The van der Waals surface area contributed by atoms with Crippen molar-refractivity contribution >= 4 is 0 Å². The van der Waals surface area contributed by atoms with Crippen molar-refractivity contribution in [2.75, 3.05) is 27.9 Å². The zero-order chi connectivity index (χ0) is 37.5. The quantitative estimate of drug-likeness (QED) is 0.0761. The van der Waals surface area contributed by atoms with Gasteiger partial charge in [-0.1, -0.05) is 0 Å². The van der Waals surface area contributed by atoms with Gasteiger partial charge in [0, 0.05) is 21.3 Å². The van der Waals surface area contributed by atoms with Crippen molar-refractivity contribution in [3.8, 4) is 0 Å². The van der Waals surface area contributed by atoms with Gasteiger partial charge in [-0.15, -0.1) is 0 Å². The molecule has 0 aliphatic rings. The van der Waals surface area contributed by atoms with Gasteiger partial charge in [-0.25, -0.2) is 0 Å². The van der Waals surface area contributed by atoms with Gasteiger partial charge in [0.05, 0.1) is 0 Å². The first kappa shape index (κ1) is 41.8. The van der Waals surface area contributed by atoms with Gasteiger partial charge in [0.1, 0.15) is 0 Å². The second kappa shape index (κ2) is 18.3. The minimum atomic E-state index is -3.11. The molecule has 0 unspecified atom stereocenters. The van der Waals surface area contributed by atoms with E-state index in [1.54, 1.807) is 0 Å². The van der Waals surface area contributed by atoms with Crippen molar-refractivity contribution < 1.29 is 109 Å². The van der Waals surface area contributed by atoms with E-state index in [4.69, 9.17) is 17.0 Å². The molecule has 0 heterocycles. The molecule has 0 aliphatic heterocycles. The van der Waals surface area contributed by atoms with Crippen LogP contribution in [0.15, 0.2) is 0 Å². The third kappa shape index (κ3) is 8.71. The van der Waals surface area contributed by atoms with Gasteiger partial charge >= 0.3 is 271 Å². The second-order valence-electron chi connectivity index (χ2n) is 10.1. The van der Waals surface area contributed by atoms with Crippen LogP contribution in [0.2, 0.25) is 0 Å². The Morgan fingerprint density at radius 1 is 0.380 bits per heavy atom. The van der Waals surface area contributed by atoms with Gasteiger partial charge in [0.15, 0.2) is 0 Å². The summed E-state index contributed by atoms with van der Waals surface area (Å²) in [6.07, 6.45) is -0.889. The number of hydrogen-bond acceptors (Lipinski definition) is 7. The summed E-state index contributed by atoms with van der Waals surface area (Å²) >= 11 is 0.330. The molecule has 0 amide bonds. The molecule has 0 saturated heterocycles. The fourth-order valence-electron chi connectivity index (χ4n) is 4.43. The molecule has 0 spiro atoms. The molecule has 7 nitrogen and oxygen atoms in total. The van der Waals surface area contributed by atoms with Crippen molar-refractivity contribution in [1.29, 1.82) is 0 Å². The molecular weight excluding hydrogens is 792 g/mol. The van der Waals surface area contributed by atoms with E-state index in [2.05, 4.69) is 14.2 Å². The van der Waals surface area contributed by atoms with Gasteiger partial charge in [0.2, 0.25) is 0 Å². The number of methoxy groups -OCH3 is 3. The first-order valence-electron chi connectivity index (χ1n) is 13.8. The van der Waals surface area contributed by atoms with Gasteiger partial charge in [-0.3, -0.25) is 0 Å². The number of ether oxygens (including phenoxy) is 6. The third-order valence-electron chi connectivity index (χ3n) is 7.02. The van der Waals surface area contributed by atoms with Crippen LogP contribution in [0, 0.1) is 69.8 Å². The average Bonchev–Trinajstić information content (AvgIpc) is 3.10. The van der Waals surface area contributed by atoms with Gasteiger partial charge in [-0.2, -0.15) is 0 Å². The summed E-state index contributed by atoms with van der Waals surface area (Å²) < 4.78 is 212. The number of benzene rings is 3. The molecule has 0 fully saturated rings. The Balaban J connectivity index is 2.15. The Hall–Kier alpha value is -2.58. The normalized spacial score (nSPS) is 12.0. The first-order valence-corrected chi connectivity index (χ1v) is 14.8. The number of halogens is 12. The van der Waals surface area contributed by atoms with E-state index in [9.17, 15) is 52.7 Å². The maximum atomic E-state index is 14.9. The summed E-state index contributed by atoms with van der Waals surface area (Å²) in [7, 11) is 2.90. The van der Waals surface area contributed by atoms with Crippen LogP contribution >= 0.6 is 0 Å². The predicted octanol–water partition coefficient (Wildman–Crippen LogP) is 7.27. The third-order valence-corrected chi connectivity index (χ3v) is 7.52. The Morgan fingerprint density at radius 3 is 0.760 bits per heavy atom. The summed E-state index contributed by atoms with van der Waals surface area (Å²) in [6.45, 7) is -8.04. The summed E-state index contributed by atoms with van der Waals surface area (Å²) in [6, 6.07) is 0. The van der Waals surface area contributed by atoms with Gasteiger partial charge in [-0.05, 0) is 0 Å². The molecule has 0 atom stereocenters. The molecule has 0 bridgehead atoms. The molecule has 275 valence electrons. The molecule has 0 radical (unpaired) electrons. The molecule has 3 aromatic carbocycles. The fraction of sp³-hybridized carbons (Fsp3) is 0.400. The summed E-state index contributed by atoms with van der Waals surface area (Å²) in [5.74, 6) is -26.8. The van der Waals surface area contributed by atoms with Crippen LogP contribution < -0.4 is 0 Å². The number of rotatable bonds is 18. The SMILES string of the molecule is COCc1c(F)c(F)c(COC(CC[O][Zr])(OCc2c(F)c(F)c(COC)c(F)c2F)OCc2c(F)c(F)c(COC)c(F)c2F)c(F)c1F. The fourth-order valence-corrected chi connectivity index (χ4v) is 4.68. The molecular formula is C30H25F12O7Zr. The summed E-state index contributed by atoms with van der Waals surface area (Å²) in [5, 5.41) is 0. The monoisotopic (exact) mass is 815 g/mol. The molecule has 50 heavy (non-hydrogen) atoms. The van der Waals surface area contributed by atoms with E-state index in [1.807, 2.05) is 0 Å². The van der Waals surface area contributed by atoms with E-state index in [1.165, 1.54) is 0 Å². The maximum absolute atomic E-state index is 14.9. The minimum absolute atomic E-state index is 0.330. The van der Waals surface area contributed by atoms with E-state index >= 15 is 0 Å². The van der Waals surface area contributed by atoms with Crippen LogP contribution in [0.25, 0.3) is 0 Å². The summed E-state index contributed by atoms with van der Waals surface area (Å²) in [4.78, 5) is 0. The van der Waals surface area contributed by atoms with E-state index in [0.717, 1.165) is 21.3 Å². The first-order chi connectivity index (χ1) is 23.6. The zero-order valence-electron chi connectivity index (χ0n) is 26.1. The molecule has 20 heteroatoms. The van der Waals surface area contributed by atoms with Crippen LogP contribution in [0.4, 0.5) is 52.7 Å². The Kier molecular flexibility index (Phi) is 15.3. The van der Waals surface area contributed by atoms with Crippen molar-refractivity contribution in [3.63, 3.8) is 0 Å². The standard InChI is InChI=1S/C30H25F12O7.Zr/c1-44-6-12-18(31)24(37)15(25(38)19(12)32)9-47-30(4-5-43,48-10-16-26(39)20(33)13(7-45-2)21(34)27(16)40)49-11-17-28(41)22(35)14(8-46-3)23(36)29(17)42;/h4-11H2,1-3H3;/q-1;+1. The van der Waals surface area contributed by atoms with E-state index in [-0.39, 0.29) is 0 Å². The van der Waals surface area contributed by atoms with E-state index < -0.39 is 162 Å². The summed E-state index contributed by atoms with van der Waals surface area (Å²) in [5.41, 5.74) is -7.91. The molecule has 0 aliphatic carbocycles. The van der Waals surface area contributed by atoms with Crippen LogP contribution in [-0.4, -0.2) is 33.9 Å². The molecule has 0 saturated carbocycles.